The third-order valence-electron chi connectivity index (χ3n) is 8.61. The second-order valence-corrected chi connectivity index (χ2v) is 12.8. The number of aliphatic hydroxyl groups excluding tert-OH is 1. The third kappa shape index (κ3) is 10.9. The highest BCUT2D eigenvalue weighted by atomic mass is 16.6. The van der Waals surface area contributed by atoms with Gasteiger partial charge in [-0.15, -0.1) is 0 Å². The molecule has 47 heavy (non-hydrogen) atoms. The first kappa shape index (κ1) is 38.9. The lowest BCUT2D eigenvalue weighted by atomic mass is 9.74. The molecule has 0 aromatic heterocycles. The maximum absolute atomic E-state index is 13.5. The first-order valence-corrected chi connectivity index (χ1v) is 16.0. The van der Waals surface area contributed by atoms with Gasteiger partial charge in [-0.25, -0.2) is 14.4 Å². The Hall–Kier alpha value is -4.25. The summed E-state index contributed by atoms with van der Waals surface area (Å²) in [5.41, 5.74) is 0.0627. The highest BCUT2D eigenvalue weighted by Crippen LogP contribution is 2.38. The number of nitrogens with zero attached hydrogens (tertiary/aromatic N) is 1. The zero-order chi connectivity index (χ0) is 35.5. The Morgan fingerprint density at radius 2 is 1.47 bits per heavy atom. The number of carboxylic acid groups (broad SMARTS) is 2. The number of rotatable bonds is 18. The number of hydrogen-bond acceptors (Lipinski definition) is 8. The van der Waals surface area contributed by atoms with Gasteiger partial charge in [-0.05, 0) is 73.8 Å². The maximum atomic E-state index is 13.5. The van der Waals surface area contributed by atoms with Gasteiger partial charge < -0.3 is 29.7 Å². The highest BCUT2D eigenvalue weighted by molar-refractivity contribution is 6.04. The van der Waals surface area contributed by atoms with Gasteiger partial charge in [0.2, 0.25) is 5.91 Å². The number of hydrogen-bond donors (Lipinski definition) is 3. The van der Waals surface area contributed by atoms with Crippen molar-refractivity contribution in [3.8, 4) is 0 Å². The van der Waals surface area contributed by atoms with Crippen LogP contribution < -0.4 is 0 Å². The molecule has 0 aliphatic rings. The molecule has 5 unspecified atom stereocenters. The number of carbonyl (C=O) groups is 5. The number of amides is 1. The number of ether oxygens (including phenoxy) is 2. The molecule has 11 heteroatoms. The van der Waals surface area contributed by atoms with E-state index in [0.717, 1.165) is 30.2 Å². The van der Waals surface area contributed by atoms with Crippen molar-refractivity contribution in [2.24, 2.45) is 11.3 Å². The Balaban J connectivity index is 2.13. The average molecular weight is 656 g/mol. The van der Waals surface area contributed by atoms with Gasteiger partial charge in [0.05, 0.1) is 22.1 Å². The SMILES string of the molecule is CCCC(C)(CC(CC(C)c1cccc(C(C)CC)c1)C(=O)N(C)C)C(=O)OCC(O)COC(=O)c1ccc(C(=O)O)cc1C(=O)O. The second-order valence-electron chi connectivity index (χ2n) is 12.8. The number of benzene rings is 2. The van der Waals surface area contributed by atoms with Gasteiger partial charge in [-0.1, -0.05) is 58.4 Å². The molecule has 0 aliphatic heterocycles. The second kappa shape index (κ2) is 17.6. The Labute approximate surface area is 276 Å². The Morgan fingerprint density at radius 3 is 2.02 bits per heavy atom. The first-order chi connectivity index (χ1) is 22.0. The van der Waals surface area contributed by atoms with Crippen LogP contribution in [-0.2, 0) is 19.1 Å². The van der Waals surface area contributed by atoms with Crippen molar-refractivity contribution in [3.05, 3.63) is 70.3 Å². The minimum absolute atomic E-state index is 0.0493. The summed E-state index contributed by atoms with van der Waals surface area (Å²) in [5, 5.41) is 29.0. The van der Waals surface area contributed by atoms with Gasteiger partial charge >= 0.3 is 23.9 Å². The van der Waals surface area contributed by atoms with E-state index in [1.54, 1.807) is 21.0 Å². The molecule has 3 N–H and O–H groups in total. The van der Waals surface area contributed by atoms with E-state index in [4.69, 9.17) is 14.6 Å². The summed E-state index contributed by atoms with van der Waals surface area (Å²) < 4.78 is 10.5. The van der Waals surface area contributed by atoms with E-state index >= 15 is 0 Å². The molecule has 5 atom stereocenters. The van der Waals surface area contributed by atoms with Gasteiger partial charge in [-0.2, -0.15) is 0 Å². The van der Waals surface area contributed by atoms with Crippen LogP contribution in [0.4, 0.5) is 0 Å². The molecular formula is C36H49NO10. The molecule has 11 nitrogen and oxygen atoms in total. The fraction of sp³-hybridized carbons (Fsp3) is 0.528. The smallest absolute Gasteiger partial charge is 0.339 e. The standard InChI is InChI=1S/C36H49NO10/c1-8-15-36(5,19-27(31(39)37(6)7)16-23(4)25-12-10-11-24(17-25)22(3)9-2)35(45)47-21-28(38)20-46-34(44)29-14-13-26(32(40)41)18-30(29)33(42)43/h10-14,17-18,22-23,27-28,38H,8-9,15-16,19-21H2,1-7H3,(H,40,41)(H,42,43). The fourth-order valence-corrected chi connectivity index (χ4v) is 5.67. The van der Waals surface area contributed by atoms with Crippen LogP contribution in [0.5, 0.6) is 0 Å². The molecule has 2 rings (SSSR count). The van der Waals surface area contributed by atoms with Gasteiger partial charge in [0.1, 0.15) is 19.3 Å². The number of aromatic carboxylic acids is 2. The minimum Gasteiger partial charge on any atom is -0.478 e. The zero-order valence-corrected chi connectivity index (χ0v) is 28.4. The maximum Gasteiger partial charge on any atom is 0.339 e. The van der Waals surface area contributed by atoms with Crippen LogP contribution in [0, 0.1) is 11.3 Å². The predicted octanol–water partition coefficient (Wildman–Crippen LogP) is 5.75. The molecule has 0 radical (unpaired) electrons. The van der Waals surface area contributed by atoms with E-state index in [0.29, 0.717) is 25.2 Å². The van der Waals surface area contributed by atoms with Gasteiger partial charge in [0.25, 0.3) is 0 Å². The summed E-state index contributed by atoms with van der Waals surface area (Å²) in [7, 11) is 3.38. The number of carboxylic acids is 2. The molecular weight excluding hydrogens is 606 g/mol. The predicted molar refractivity (Wildman–Crippen MR) is 176 cm³/mol. The van der Waals surface area contributed by atoms with Gasteiger partial charge in [0, 0.05) is 20.0 Å². The van der Waals surface area contributed by atoms with E-state index in [2.05, 4.69) is 39.0 Å². The van der Waals surface area contributed by atoms with Crippen molar-refractivity contribution in [2.75, 3.05) is 27.3 Å². The van der Waals surface area contributed by atoms with E-state index in [-0.39, 0.29) is 29.4 Å². The molecule has 1 amide bonds. The summed E-state index contributed by atoms with van der Waals surface area (Å²) in [6.07, 6.45) is 1.45. The molecule has 0 aliphatic carbocycles. The van der Waals surface area contributed by atoms with Gasteiger partial charge in [-0.3, -0.25) is 9.59 Å². The molecule has 0 fully saturated rings. The topological polar surface area (TPSA) is 168 Å². The average Bonchev–Trinajstić information content (AvgIpc) is 3.04. The quantitative estimate of drug-likeness (QED) is 0.168. The van der Waals surface area contributed by atoms with Crippen LogP contribution in [0.3, 0.4) is 0 Å². The van der Waals surface area contributed by atoms with Crippen LogP contribution in [0.25, 0.3) is 0 Å². The lowest BCUT2D eigenvalue weighted by Crippen LogP contribution is -2.39. The minimum atomic E-state index is -1.52. The zero-order valence-electron chi connectivity index (χ0n) is 28.4. The van der Waals surface area contributed by atoms with E-state index < -0.39 is 60.1 Å². The summed E-state index contributed by atoms with van der Waals surface area (Å²) in [6, 6.07) is 11.3. The molecule has 2 aromatic rings. The van der Waals surface area contributed by atoms with Crippen molar-refractivity contribution >= 4 is 29.8 Å². The van der Waals surface area contributed by atoms with Crippen molar-refractivity contribution in [1.29, 1.82) is 0 Å². The number of carbonyl (C=O) groups excluding carboxylic acids is 3. The summed E-state index contributed by atoms with van der Waals surface area (Å²) >= 11 is 0. The first-order valence-electron chi connectivity index (χ1n) is 16.0. The normalized spacial score (nSPS) is 15.0. The molecule has 0 saturated carbocycles. The molecule has 258 valence electrons. The van der Waals surface area contributed by atoms with Crippen LogP contribution in [0.1, 0.15) is 121 Å². The number of esters is 2. The van der Waals surface area contributed by atoms with Crippen molar-refractivity contribution in [3.63, 3.8) is 0 Å². The number of aliphatic hydroxyl groups is 1. The fourth-order valence-electron chi connectivity index (χ4n) is 5.67. The monoisotopic (exact) mass is 655 g/mol. The molecule has 0 bridgehead atoms. The van der Waals surface area contributed by atoms with Crippen LogP contribution >= 0.6 is 0 Å². The van der Waals surface area contributed by atoms with Crippen LogP contribution in [0.15, 0.2) is 42.5 Å². The summed E-state index contributed by atoms with van der Waals surface area (Å²) in [4.78, 5) is 63.7. The lowest BCUT2D eigenvalue weighted by molar-refractivity contribution is -0.161. The van der Waals surface area contributed by atoms with E-state index in [1.807, 2.05) is 13.0 Å². The van der Waals surface area contributed by atoms with Crippen molar-refractivity contribution in [1.82, 2.24) is 4.90 Å². The van der Waals surface area contributed by atoms with E-state index in [9.17, 15) is 34.2 Å². The third-order valence-corrected chi connectivity index (χ3v) is 8.61. The van der Waals surface area contributed by atoms with Crippen LogP contribution in [0.2, 0.25) is 0 Å². The van der Waals surface area contributed by atoms with Gasteiger partial charge in [0.15, 0.2) is 0 Å². The molecule has 0 spiro atoms. The van der Waals surface area contributed by atoms with Crippen molar-refractivity contribution in [2.45, 2.75) is 84.7 Å². The Morgan fingerprint density at radius 1 is 0.851 bits per heavy atom. The largest absolute Gasteiger partial charge is 0.478 e. The molecule has 0 saturated heterocycles. The highest BCUT2D eigenvalue weighted by Gasteiger charge is 2.40. The lowest BCUT2D eigenvalue weighted by Gasteiger charge is -2.33. The molecule has 0 heterocycles. The summed E-state index contributed by atoms with van der Waals surface area (Å²) in [6.45, 7) is 8.99. The summed E-state index contributed by atoms with van der Waals surface area (Å²) in [5.74, 6) is -4.67. The van der Waals surface area contributed by atoms with Crippen LogP contribution in [-0.4, -0.2) is 83.4 Å². The molecule has 2 aromatic carbocycles. The Bertz CT molecular complexity index is 1420. The van der Waals surface area contributed by atoms with Crippen molar-refractivity contribution < 1.29 is 48.8 Å². The van der Waals surface area contributed by atoms with E-state index in [1.165, 1.54) is 10.5 Å². The Kier molecular flexibility index (Phi) is 14.6.